The third-order valence-electron chi connectivity index (χ3n) is 2.81. The fraction of sp³-hybridized carbons (Fsp3) is 0.385. The summed E-state index contributed by atoms with van der Waals surface area (Å²) in [6, 6.07) is 5.65. The van der Waals surface area contributed by atoms with Gasteiger partial charge in [-0.3, -0.25) is 4.79 Å². The highest BCUT2D eigenvalue weighted by Gasteiger charge is 2.26. The predicted molar refractivity (Wildman–Crippen MR) is 86.4 cm³/mol. The number of thiocarbonyl (C=S) groups is 1. The van der Waals surface area contributed by atoms with E-state index in [1.807, 2.05) is 32.0 Å². The summed E-state index contributed by atoms with van der Waals surface area (Å²) in [5.41, 5.74) is 6.77. The van der Waals surface area contributed by atoms with Crippen molar-refractivity contribution in [2.24, 2.45) is 11.1 Å². The molecule has 1 amide bonds. The monoisotopic (exact) mass is 343 g/mol. The van der Waals surface area contributed by atoms with Gasteiger partial charge in [-0.15, -0.1) is 0 Å². The van der Waals surface area contributed by atoms with Crippen LogP contribution in [0.4, 0.5) is 5.69 Å². The van der Waals surface area contributed by atoms with E-state index in [2.05, 4.69) is 26.6 Å². The van der Waals surface area contributed by atoms with Gasteiger partial charge in [0.15, 0.2) is 0 Å². The number of nitrogens with one attached hydrogen (secondary N) is 2. The van der Waals surface area contributed by atoms with Crippen LogP contribution < -0.4 is 16.4 Å². The minimum absolute atomic E-state index is 0.0195. The molecule has 0 aromatic heterocycles. The van der Waals surface area contributed by atoms with E-state index in [4.69, 9.17) is 18.0 Å². The molecule has 4 N–H and O–H groups in total. The lowest BCUT2D eigenvalue weighted by Gasteiger charge is -2.24. The Kier molecular flexibility index (Phi) is 5.31. The number of rotatable bonds is 5. The van der Waals surface area contributed by atoms with Crippen molar-refractivity contribution in [2.75, 3.05) is 18.9 Å². The van der Waals surface area contributed by atoms with E-state index in [9.17, 15) is 4.79 Å². The topological polar surface area (TPSA) is 67.2 Å². The highest BCUT2D eigenvalue weighted by atomic mass is 79.9. The molecule has 0 fully saturated rings. The number of nitrogens with two attached hydrogens (primary N) is 1. The maximum atomic E-state index is 11.7. The van der Waals surface area contributed by atoms with Crippen molar-refractivity contribution in [3.8, 4) is 0 Å². The number of hydrogen-bond donors (Lipinski definition) is 3. The van der Waals surface area contributed by atoms with Gasteiger partial charge < -0.3 is 16.4 Å². The normalized spacial score (nSPS) is 10.9. The van der Waals surface area contributed by atoms with Gasteiger partial charge in [-0.1, -0.05) is 28.1 Å². The van der Waals surface area contributed by atoms with Crippen molar-refractivity contribution in [3.63, 3.8) is 0 Å². The van der Waals surface area contributed by atoms with E-state index in [-0.39, 0.29) is 5.91 Å². The molecule has 0 saturated heterocycles. The standard InChI is InChI=1S/C13H18BrN3OS/c1-13(2,12(18)16-3)7-17-10-5-4-8(14)6-9(10)11(15)19/h4-6,17H,7H2,1-3H3,(H2,15,19)(H,16,18). The zero-order valence-electron chi connectivity index (χ0n) is 11.2. The maximum Gasteiger partial charge on any atom is 0.227 e. The third-order valence-corrected chi connectivity index (χ3v) is 3.52. The van der Waals surface area contributed by atoms with Gasteiger partial charge in [0.1, 0.15) is 4.99 Å². The van der Waals surface area contributed by atoms with Crippen LogP contribution in [0.2, 0.25) is 0 Å². The van der Waals surface area contributed by atoms with Gasteiger partial charge in [0.05, 0.1) is 5.41 Å². The van der Waals surface area contributed by atoms with Gasteiger partial charge in [-0.2, -0.15) is 0 Å². The minimum Gasteiger partial charge on any atom is -0.389 e. The van der Waals surface area contributed by atoms with Crippen LogP contribution in [0.3, 0.4) is 0 Å². The highest BCUT2D eigenvalue weighted by Crippen LogP contribution is 2.23. The van der Waals surface area contributed by atoms with Gasteiger partial charge in [0.2, 0.25) is 5.91 Å². The average molecular weight is 344 g/mol. The zero-order valence-corrected chi connectivity index (χ0v) is 13.6. The number of carbonyl (C=O) groups excluding carboxylic acids is 1. The zero-order chi connectivity index (χ0) is 14.6. The van der Waals surface area contributed by atoms with Crippen LogP contribution in [0.25, 0.3) is 0 Å². The van der Waals surface area contributed by atoms with Crippen molar-refractivity contribution >= 4 is 44.7 Å². The SMILES string of the molecule is CNC(=O)C(C)(C)CNc1ccc(Br)cc1C(N)=S. The molecule has 4 nitrogen and oxygen atoms in total. The molecule has 0 saturated carbocycles. The summed E-state index contributed by atoms with van der Waals surface area (Å²) < 4.78 is 0.909. The summed E-state index contributed by atoms with van der Waals surface area (Å²) in [5.74, 6) is -0.0195. The van der Waals surface area contributed by atoms with Crippen LogP contribution >= 0.6 is 28.1 Å². The number of hydrogen-bond acceptors (Lipinski definition) is 3. The van der Waals surface area contributed by atoms with Gasteiger partial charge in [-0.05, 0) is 32.0 Å². The lowest BCUT2D eigenvalue weighted by molar-refractivity contribution is -0.128. The largest absolute Gasteiger partial charge is 0.389 e. The Morgan fingerprint density at radius 1 is 1.47 bits per heavy atom. The molecule has 6 heteroatoms. The van der Waals surface area contributed by atoms with Gasteiger partial charge in [-0.25, -0.2) is 0 Å². The first kappa shape index (κ1) is 15.9. The number of halogens is 1. The summed E-state index contributed by atoms with van der Waals surface area (Å²) in [7, 11) is 1.63. The van der Waals surface area contributed by atoms with Crippen LogP contribution in [-0.2, 0) is 4.79 Å². The van der Waals surface area contributed by atoms with E-state index >= 15 is 0 Å². The molecule has 1 aromatic carbocycles. The molecule has 0 aliphatic heterocycles. The van der Waals surface area contributed by atoms with E-state index in [0.29, 0.717) is 11.5 Å². The molecule has 19 heavy (non-hydrogen) atoms. The van der Waals surface area contributed by atoms with Crippen LogP contribution in [0.1, 0.15) is 19.4 Å². The Bertz CT molecular complexity index is 503. The summed E-state index contributed by atoms with van der Waals surface area (Å²) in [6.45, 7) is 4.24. The van der Waals surface area contributed by atoms with Crippen LogP contribution in [-0.4, -0.2) is 24.5 Å². The molecular weight excluding hydrogens is 326 g/mol. The number of anilines is 1. The lowest BCUT2D eigenvalue weighted by Crippen LogP contribution is -2.39. The van der Waals surface area contributed by atoms with Crippen molar-refractivity contribution in [1.29, 1.82) is 0 Å². The van der Waals surface area contributed by atoms with Crippen LogP contribution in [0, 0.1) is 5.41 Å². The Morgan fingerprint density at radius 3 is 2.63 bits per heavy atom. The quantitative estimate of drug-likeness (QED) is 0.717. The molecule has 1 aromatic rings. The van der Waals surface area contributed by atoms with Gasteiger partial charge in [0.25, 0.3) is 0 Å². The summed E-state index contributed by atoms with van der Waals surface area (Å²) >= 11 is 8.41. The second-order valence-corrected chi connectivity index (χ2v) is 6.23. The number of amides is 1. The molecule has 0 radical (unpaired) electrons. The van der Waals surface area contributed by atoms with Crippen molar-refractivity contribution in [3.05, 3.63) is 28.2 Å². The van der Waals surface area contributed by atoms with Crippen LogP contribution in [0.15, 0.2) is 22.7 Å². The van der Waals surface area contributed by atoms with E-state index < -0.39 is 5.41 Å². The molecule has 0 aliphatic rings. The molecule has 104 valence electrons. The van der Waals surface area contributed by atoms with E-state index in [1.54, 1.807) is 7.05 Å². The van der Waals surface area contributed by atoms with Gasteiger partial charge in [0, 0.05) is 29.3 Å². The third kappa shape index (κ3) is 4.18. The van der Waals surface area contributed by atoms with Gasteiger partial charge >= 0.3 is 0 Å². The minimum atomic E-state index is -0.519. The Morgan fingerprint density at radius 2 is 2.11 bits per heavy atom. The fourth-order valence-electron chi connectivity index (χ4n) is 1.61. The molecule has 0 heterocycles. The molecule has 0 aliphatic carbocycles. The first-order chi connectivity index (χ1) is 8.77. The molecule has 0 atom stereocenters. The fourth-order valence-corrected chi connectivity index (χ4v) is 2.14. The summed E-state index contributed by atoms with van der Waals surface area (Å²) in [5, 5.41) is 5.88. The second-order valence-electron chi connectivity index (χ2n) is 4.87. The average Bonchev–Trinajstić information content (AvgIpc) is 2.36. The van der Waals surface area contributed by atoms with Crippen molar-refractivity contribution in [2.45, 2.75) is 13.8 Å². The Balaban J connectivity index is 2.89. The smallest absolute Gasteiger partial charge is 0.227 e. The lowest BCUT2D eigenvalue weighted by atomic mass is 9.92. The van der Waals surface area contributed by atoms with Crippen molar-refractivity contribution in [1.82, 2.24) is 5.32 Å². The predicted octanol–water partition coefficient (Wildman–Crippen LogP) is 2.27. The Labute approximate surface area is 127 Å². The van der Waals surface area contributed by atoms with Crippen LogP contribution in [0.5, 0.6) is 0 Å². The Hall–Kier alpha value is -1.14. The summed E-state index contributed by atoms with van der Waals surface area (Å²) in [4.78, 5) is 12.0. The molecule has 0 spiro atoms. The van der Waals surface area contributed by atoms with E-state index in [1.165, 1.54) is 0 Å². The second kappa shape index (κ2) is 6.34. The van der Waals surface area contributed by atoms with E-state index in [0.717, 1.165) is 15.7 Å². The first-order valence-electron chi connectivity index (χ1n) is 5.83. The highest BCUT2D eigenvalue weighted by molar-refractivity contribution is 9.10. The molecular formula is C13H18BrN3OS. The molecule has 0 bridgehead atoms. The number of carbonyl (C=O) groups is 1. The summed E-state index contributed by atoms with van der Waals surface area (Å²) in [6.07, 6.45) is 0. The molecule has 1 rings (SSSR count). The first-order valence-corrected chi connectivity index (χ1v) is 7.03. The van der Waals surface area contributed by atoms with Crippen molar-refractivity contribution < 1.29 is 4.79 Å². The molecule has 0 unspecified atom stereocenters. The maximum absolute atomic E-state index is 11.7. The number of benzene rings is 1.